The van der Waals surface area contributed by atoms with E-state index in [1.807, 2.05) is 37.4 Å². The highest BCUT2D eigenvalue weighted by Crippen LogP contribution is 2.34. The molecule has 8 heteroatoms. The molecule has 35 heavy (non-hydrogen) atoms. The Morgan fingerprint density at radius 1 is 1.06 bits per heavy atom. The van der Waals surface area contributed by atoms with E-state index >= 15 is 0 Å². The number of aromatic nitrogens is 5. The molecule has 0 saturated heterocycles. The largest absolute Gasteiger partial charge is 0.490 e. The normalized spacial score (nSPS) is 12.4. The second-order valence-corrected chi connectivity index (χ2v) is 8.66. The predicted octanol–water partition coefficient (Wildman–Crippen LogP) is 5.02. The van der Waals surface area contributed by atoms with Crippen LogP contribution in [0.2, 0.25) is 0 Å². The van der Waals surface area contributed by atoms with E-state index in [2.05, 4.69) is 38.4 Å². The second kappa shape index (κ2) is 8.73. The molecule has 174 valence electrons. The number of pyridine rings is 2. The Labute approximate surface area is 201 Å². The van der Waals surface area contributed by atoms with Gasteiger partial charge in [-0.2, -0.15) is 5.10 Å². The summed E-state index contributed by atoms with van der Waals surface area (Å²) < 4.78 is 11.4. The van der Waals surface area contributed by atoms with Crippen LogP contribution in [0.25, 0.3) is 44.3 Å². The van der Waals surface area contributed by atoms with E-state index in [1.165, 1.54) is 10.9 Å². The Kier molecular flexibility index (Phi) is 5.27. The zero-order valence-corrected chi connectivity index (χ0v) is 19.2. The van der Waals surface area contributed by atoms with Crippen LogP contribution in [0, 0.1) is 6.92 Å². The van der Waals surface area contributed by atoms with Gasteiger partial charge in [0, 0.05) is 57.1 Å². The summed E-state index contributed by atoms with van der Waals surface area (Å²) in [5.74, 6) is 0.644. The average molecular weight is 465 g/mol. The first kappa shape index (κ1) is 21.1. The van der Waals surface area contributed by atoms with Gasteiger partial charge in [0.2, 0.25) is 0 Å². The highest BCUT2D eigenvalue weighted by atomic mass is 16.5. The molecule has 0 aliphatic carbocycles. The highest BCUT2D eigenvalue weighted by Gasteiger charge is 2.16. The molecule has 8 nitrogen and oxygen atoms in total. The molecule has 0 aliphatic rings. The quantitative estimate of drug-likeness (QED) is 0.305. The predicted molar refractivity (Wildman–Crippen MR) is 135 cm³/mol. The maximum absolute atomic E-state index is 6.43. The van der Waals surface area contributed by atoms with Crippen molar-refractivity contribution < 1.29 is 9.15 Å². The third-order valence-electron chi connectivity index (χ3n) is 6.19. The number of H-pyrrole nitrogens is 2. The molecule has 1 unspecified atom stereocenters. The fourth-order valence-corrected chi connectivity index (χ4v) is 4.39. The van der Waals surface area contributed by atoms with Crippen molar-refractivity contribution in [1.82, 2.24) is 25.1 Å². The molecular weight excluding hydrogens is 440 g/mol. The van der Waals surface area contributed by atoms with Gasteiger partial charge in [0.15, 0.2) is 5.65 Å². The van der Waals surface area contributed by atoms with Gasteiger partial charge in [-0.25, -0.2) is 4.98 Å². The molecule has 0 radical (unpaired) electrons. The third kappa shape index (κ3) is 4.04. The van der Waals surface area contributed by atoms with E-state index in [1.54, 1.807) is 24.9 Å². The van der Waals surface area contributed by atoms with Gasteiger partial charge in [0.25, 0.3) is 0 Å². The molecule has 1 aromatic carbocycles. The van der Waals surface area contributed by atoms with Gasteiger partial charge in [0.05, 0.1) is 24.4 Å². The number of furan rings is 1. The molecule has 0 aliphatic heterocycles. The summed E-state index contributed by atoms with van der Waals surface area (Å²) >= 11 is 0. The monoisotopic (exact) mass is 464 g/mol. The summed E-state index contributed by atoms with van der Waals surface area (Å²) in [6, 6.07) is 14.0. The highest BCUT2D eigenvalue weighted by molar-refractivity contribution is 5.87. The number of aromatic amines is 2. The lowest BCUT2D eigenvalue weighted by atomic mass is 10.0. The van der Waals surface area contributed by atoms with E-state index in [4.69, 9.17) is 19.9 Å². The van der Waals surface area contributed by atoms with Gasteiger partial charge in [-0.15, -0.1) is 0 Å². The minimum atomic E-state index is -0.169. The minimum Gasteiger partial charge on any atom is -0.490 e. The van der Waals surface area contributed by atoms with Gasteiger partial charge in [-0.05, 0) is 43.2 Å². The Balaban J connectivity index is 1.27. The Hall–Kier alpha value is -4.43. The van der Waals surface area contributed by atoms with Crippen LogP contribution in [0.1, 0.15) is 11.3 Å². The van der Waals surface area contributed by atoms with Crippen LogP contribution in [0.5, 0.6) is 5.75 Å². The molecule has 0 bridgehead atoms. The number of benzene rings is 1. The summed E-state index contributed by atoms with van der Waals surface area (Å²) in [5, 5.41) is 9.37. The summed E-state index contributed by atoms with van der Waals surface area (Å²) in [7, 11) is 0. The number of nitrogens with two attached hydrogens (primary N) is 1. The number of hydrogen-bond acceptors (Lipinski definition) is 6. The number of aryl methyl sites for hydroxylation is 1. The molecule has 5 heterocycles. The number of hydrogen-bond donors (Lipinski definition) is 3. The third-order valence-corrected chi connectivity index (χ3v) is 6.19. The minimum absolute atomic E-state index is 0.169. The van der Waals surface area contributed by atoms with E-state index in [0.29, 0.717) is 24.4 Å². The molecule has 0 fully saturated rings. The first-order valence-corrected chi connectivity index (χ1v) is 11.4. The van der Waals surface area contributed by atoms with Crippen molar-refractivity contribution in [1.29, 1.82) is 0 Å². The standard InChI is InChI=1S/C27H24N6O2/c1-16-23-9-19(12-31-27(23)33-32-16)24-10-21(13-30-26(24)17-6-7-34-14-17)35-15-20(28)8-18-11-29-25-5-3-2-4-22(18)25/h2-7,9-14,20,29H,8,15,28H2,1H3,(H,31,32,33). The molecule has 0 spiro atoms. The number of fused-ring (bicyclic) bond motifs is 2. The van der Waals surface area contributed by atoms with Crippen molar-refractivity contribution >= 4 is 21.9 Å². The lowest BCUT2D eigenvalue weighted by molar-refractivity contribution is 0.287. The number of nitrogens with zero attached hydrogens (tertiary/aromatic N) is 3. The van der Waals surface area contributed by atoms with E-state index in [0.717, 1.165) is 39.0 Å². The SMILES string of the molecule is Cc1[nH]nc2ncc(-c3cc(OCC(N)Cc4c[nH]c5ccccc45)cnc3-c3ccoc3)cc12. The number of nitrogens with one attached hydrogen (secondary N) is 2. The molecule has 4 N–H and O–H groups in total. The fourth-order valence-electron chi connectivity index (χ4n) is 4.39. The summed E-state index contributed by atoms with van der Waals surface area (Å²) in [6.07, 6.45) is 9.56. The zero-order valence-electron chi connectivity index (χ0n) is 19.2. The van der Waals surface area contributed by atoms with Gasteiger partial charge in [-0.1, -0.05) is 18.2 Å². The van der Waals surface area contributed by atoms with E-state index in [-0.39, 0.29) is 6.04 Å². The first-order chi connectivity index (χ1) is 17.2. The molecular formula is C27H24N6O2. The van der Waals surface area contributed by atoms with Crippen LogP contribution in [0.3, 0.4) is 0 Å². The first-order valence-electron chi connectivity index (χ1n) is 11.4. The topological polar surface area (TPSA) is 119 Å². The molecule has 0 amide bonds. The van der Waals surface area contributed by atoms with Crippen molar-refractivity contribution in [2.75, 3.05) is 6.61 Å². The van der Waals surface area contributed by atoms with Crippen LogP contribution in [0.4, 0.5) is 0 Å². The lowest BCUT2D eigenvalue weighted by Crippen LogP contribution is -2.30. The van der Waals surface area contributed by atoms with Crippen LogP contribution >= 0.6 is 0 Å². The van der Waals surface area contributed by atoms with Crippen LogP contribution < -0.4 is 10.5 Å². The van der Waals surface area contributed by atoms with Crippen LogP contribution in [-0.4, -0.2) is 37.8 Å². The lowest BCUT2D eigenvalue weighted by Gasteiger charge is -2.15. The maximum atomic E-state index is 6.43. The second-order valence-electron chi connectivity index (χ2n) is 8.66. The molecule has 6 aromatic rings. The van der Waals surface area contributed by atoms with Crippen molar-refractivity contribution in [2.24, 2.45) is 5.73 Å². The summed E-state index contributed by atoms with van der Waals surface area (Å²) in [6.45, 7) is 2.34. The van der Waals surface area contributed by atoms with Crippen molar-refractivity contribution in [3.8, 4) is 28.1 Å². The molecule has 1 atom stereocenters. The Morgan fingerprint density at radius 2 is 1.97 bits per heavy atom. The van der Waals surface area contributed by atoms with E-state index in [9.17, 15) is 0 Å². The van der Waals surface area contributed by atoms with Gasteiger partial charge >= 0.3 is 0 Å². The van der Waals surface area contributed by atoms with Crippen LogP contribution in [-0.2, 0) is 6.42 Å². The van der Waals surface area contributed by atoms with Crippen molar-refractivity contribution in [2.45, 2.75) is 19.4 Å². The fraction of sp³-hybridized carbons (Fsp3) is 0.148. The van der Waals surface area contributed by atoms with Crippen molar-refractivity contribution in [3.05, 3.63) is 84.8 Å². The van der Waals surface area contributed by atoms with Gasteiger partial charge < -0.3 is 19.9 Å². The molecule has 6 rings (SSSR count). The number of ether oxygens (including phenoxy) is 1. The number of para-hydroxylation sites is 1. The maximum Gasteiger partial charge on any atom is 0.181 e. The average Bonchev–Trinajstić information content (AvgIpc) is 3.64. The Bertz CT molecular complexity index is 1620. The summed E-state index contributed by atoms with van der Waals surface area (Å²) in [5.41, 5.74) is 13.8. The number of rotatable bonds is 7. The Morgan fingerprint density at radius 3 is 2.86 bits per heavy atom. The molecule has 0 saturated carbocycles. The van der Waals surface area contributed by atoms with Gasteiger partial charge in [-0.3, -0.25) is 10.1 Å². The zero-order chi connectivity index (χ0) is 23.8. The smallest absolute Gasteiger partial charge is 0.181 e. The van der Waals surface area contributed by atoms with Crippen molar-refractivity contribution in [3.63, 3.8) is 0 Å². The van der Waals surface area contributed by atoms with Crippen LogP contribution in [0.15, 0.2) is 78.0 Å². The van der Waals surface area contributed by atoms with Gasteiger partial charge in [0.1, 0.15) is 12.4 Å². The van der Waals surface area contributed by atoms with E-state index < -0.39 is 0 Å². The summed E-state index contributed by atoms with van der Waals surface area (Å²) in [4.78, 5) is 12.5. The molecule has 5 aromatic heterocycles.